The molecule has 0 spiro atoms. The molecule has 1 amide bonds. The van der Waals surface area contributed by atoms with Gasteiger partial charge < -0.3 is 16.0 Å². The third-order valence-electron chi connectivity index (χ3n) is 5.24. The van der Waals surface area contributed by atoms with Crippen LogP contribution in [-0.2, 0) is 6.54 Å². The standard InChI is InChI=1S/C27H27N5O/c1-19-8-6-12-23(14-19)27(33)31-24-13-7-11-22(15-24)20(2)30-26-18-28-17-25(32-26)29-16-21-9-4-3-5-10-21/h3-15,17-18,20H,16H2,1-2H3,(H,31,33)(H2,29,30,32). The Balaban J connectivity index is 1.39. The molecule has 6 nitrogen and oxygen atoms in total. The van der Waals surface area contributed by atoms with Crippen molar-refractivity contribution >= 4 is 23.2 Å². The van der Waals surface area contributed by atoms with Crippen LogP contribution in [0.15, 0.2) is 91.3 Å². The molecule has 0 aliphatic carbocycles. The van der Waals surface area contributed by atoms with Gasteiger partial charge in [-0.15, -0.1) is 0 Å². The SMILES string of the molecule is Cc1cccc(C(=O)Nc2cccc(C(C)Nc3cncc(NCc4ccccc4)n3)c2)c1. The highest BCUT2D eigenvalue weighted by Gasteiger charge is 2.10. The number of nitrogens with one attached hydrogen (secondary N) is 3. The van der Waals surface area contributed by atoms with E-state index in [-0.39, 0.29) is 11.9 Å². The van der Waals surface area contributed by atoms with E-state index in [1.54, 1.807) is 12.4 Å². The number of carbonyl (C=O) groups excluding carboxylic acids is 1. The van der Waals surface area contributed by atoms with E-state index in [9.17, 15) is 4.79 Å². The number of nitrogens with zero attached hydrogens (tertiary/aromatic N) is 2. The first-order chi connectivity index (χ1) is 16.1. The quantitative estimate of drug-likeness (QED) is 0.324. The van der Waals surface area contributed by atoms with Crippen LogP contribution in [0.3, 0.4) is 0 Å². The number of hydrogen-bond acceptors (Lipinski definition) is 5. The first-order valence-corrected chi connectivity index (χ1v) is 10.9. The van der Waals surface area contributed by atoms with Crippen molar-refractivity contribution in [3.8, 4) is 0 Å². The maximum absolute atomic E-state index is 12.6. The second kappa shape index (κ2) is 10.4. The first kappa shape index (κ1) is 22.0. The lowest BCUT2D eigenvalue weighted by Crippen LogP contribution is -2.13. The van der Waals surface area contributed by atoms with Gasteiger partial charge in [0, 0.05) is 17.8 Å². The van der Waals surface area contributed by atoms with Gasteiger partial charge in [0.1, 0.15) is 11.6 Å². The zero-order valence-electron chi connectivity index (χ0n) is 18.7. The van der Waals surface area contributed by atoms with Crippen LogP contribution in [0.25, 0.3) is 0 Å². The van der Waals surface area contributed by atoms with E-state index in [0.717, 1.165) is 16.8 Å². The molecule has 33 heavy (non-hydrogen) atoms. The third-order valence-corrected chi connectivity index (χ3v) is 5.24. The van der Waals surface area contributed by atoms with E-state index in [1.807, 2.05) is 80.6 Å². The molecule has 166 valence electrons. The summed E-state index contributed by atoms with van der Waals surface area (Å²) in [5.74, 6) is 1.25. The highest BCUT2D eigenvalue weighted by atomic mass is 16.1. The summed E-state index contributed by atoms with van der Waals surface area (Å²) < 4.78 is 0. The summed E-state index contributed by atoms with van der Waals surface area (Å²) in [7, 11) is 0. The Morgan fingerprint density at radius 2 is 1.70 bits per heavy atom. The Morgan fingerprint density at radius 1 is 0.909 bits per heavy atom. The highest BCUT2D eigenvalue weighted by Crippen LogP contribution is 2.22. The molecule has 6 heteroatoms. The molecule has 1 unspecified atom stereocenters. The van der Waals surface area contributed by atoms with Crippen molar-refractivity contribution in [1.82, 2.24) is 9.97 Å². The molecule has 0 aliphatic heterocycles. The Hall–Kier alpha value is -4.19. The summed E-state index contributed by atoms with van der Waals surface area (Å²) in [4.78, 5) is 21.5. The van der Waals surface area contributed by atoms with Crippen molar-refractivity contribution < 1.29 is 4.79 Å². The van der Waals surface area contributed by atoms with E-state index in [2.05, 4.69) is 38.1 Å². The topological polar surface area (TPSA) is 78.9 Å². The first-order valence-electron chi connectivity index (χ1n) is 10.9. The zero-order chi connectivity index (χ0) is 23.0. The van der Waals surface area contributed by atoms with Gasteiger partial charge in [-0.3, -0.25) is 9.78 Å². The number of benzene rings is 3. The number of aromatic nitrogens is 2. The van der Waals surface area contributed by atoms with Crippen molar-refractivity contribution in [1.29, 1.82) is 0 Å². The van der Waals surface area contributed by atoms with Crippen LogP contribution in [0, 0.1) is 6.92 Å². The smallest absolute Gasteiger partial charge is 0.255 e. The van der Waals surface area contributed by atoms with Gasteiger partial charge in [0.25, 0.3) is 5.91 Å². The maximum Gasteiger partial charge on any atom is 0.255 e. The minimum Gasteiger partial charge on any atom is -0.365 e. The van der Waals surface area contributed by atoms with Gasteiger partial charge in [-0.1, -0.05) is 60.2 Å². The molecule has 0 saturated heterocycles. The molecule has 1 heterocycles. The highest BCUT2D eigenvalue weighted by molar-refractivity contribution is 6.04. The fourth-order valence-electron chi connectivity index (χ4n) is 3.49. The van der Waals surface area contributed by atoms with Crippen LogP contribution in [0.4, 0.5) is 17.3 Å². The molecule has 0 bridgehead atoms. The van der Waals surface area contributed by atoms with E-state index < -0.39 is 0 Å². The van der Waals surface area contributed by atoms with Gasteiger partial charge in [0.2, 0.25) is 0 Å². The predicted octanol–water partition coefficient (Wildman–Crippen LogP) is 5.82. The maximum atomic E-state index is 12.6. The van der Waals surface area contributed by atoms with Gasteiger partial charge in [-0.05, 0) is 49.2 Å². The lowest BCUT2D eigenvalue weighted by atomic mass is 10.1. The fourth-order valence-corrected chi connectivity index (χ4v) is 3.49. The molecule has 0 aliphatic rings. The van der Waals surface area contributed by atoms with E-state index >= 15 is 0 Å². The summed E-state index contributed by atoms with van der Waals surface area (Å²) in [6, 6.07) is 25.5. The van der Waals surface area contributed by atoms with Crippen LogP contribution >= 0.6 is 0 Å². The van der Waals surface area contributed by atoms with E-state index in [1.165, 1.54) is 5.56 Å². The summed E-state index contributed by atoms with van der Waals surface area (Å²) in [5, 5.41) is 9.67. The number of aryl methyl sites for hydroxylation is 1. The number of hydrogen-bond donors (Lipinski definition) is 3. The lowest BCUT2D eigenvalue weighted by Gasteiger charge is -2.17. The second-order valence-corrected chi connectivity index (χ2v) is 7.94. The van der Waals surface area contributed by atoms with Gasteiger partial charge >= 0.3 is 0 Å². The normalized spacial score (nSPS) is 11.5. The van der Waals surface area contributed by atoms with Crippen LogP contribution in [0.2, 0.25) is 0 Å². The number of carbonyl (C=O) groups is 1. The van der Waals surface area contributed by atoms with Gasteiger partial charge in [-0.2, -0.15) is 0 Å². The van der Waals surface area contributed by atoms with E-state index in [0.29, 0.717) is 23.7 Å². The minimum atomic E-state index is -0.125. The molecule has 1 atom stereocenters. The molecule has 4 rings (SSSR count). The van der Waals surface area contributed by atoms with Gasteiger partial charge in [0.05, 0.1) is 18.4 Å². The average Bonchev–Trinajstić information content (AvgIpc) is 2.84. The van der Waals surface area contributed by atoms with Gasteiger partial charge in [-0.25, -0.2) is 4.98 Å². The molecule has 4 aromatic rings. The molecule has 1 aromatic heterocycles. The fraction of sp³-hybridized carbons (Fsp3) is 0.148. The van der Waals surface area contributed by atoms with Crippen molar-refractivity contribution in [2.45, 2.75) is 26.4 Å². The van der Waals surface area contributed by atoms with Gasteiger partial charge in [0.15, 0.2) is 0 Å². The Labute approximate surface area is 194 Å². The van der Waals surface area contributed by atoms with Crippen LogP contribution in [0.1, 0.15) is 40.0 Å². The summed E-state index contributed by atoms with van der Waals surface area (Å²) in [6.45, 7) is 4.70. The largest absolute Gasteiger partial charge is 0.365 e. The molecule has 3 N–H and O–H groups in total. The number of rotatable bonds is 8. The third kappa shape index (κ3) is 6.17. The predicted molar refractivity (Wildman–Crippen MR) is 133 cm³/mol. The Morgan fingerprint density at radius 3 is 2.52 bits per heavy atom. The number of anilines is 3. The average molecular weight is 438 g/mol. The van der Waals surface area contributed by atoms with Crippen molar-refractivity contribution in [2.24, 2.45) is 0 Å². The summed E-state index contributed by atoms with van der Waals surface area (Å²) in [6.07, 6.45) is 3.41. The Bertz CT molecular complexity index is 1230. The van der Waals surface area contributed by atoms with E-state index in [4.69, 9.17) is 0 Å². The monoisotopic (exact) mass is 437 g/mol. The summed E-state index contributed by atoms with van der Waals surface area (Å²) in [5.41, 5.74) is 4.64. The molecular formula is C27H27N5O. The van der Waals surface area contributed by atoms with Crippen LogP contribution in [-0.4, -0.2) is 15.9 Å². The molecular weight excluding hydrogens is 410 g/mol. The zero-order valence-corrected chi connectivity index (χ0v) is 18.7. The van der Waals surface area contributed by atoms with Crippen LogP contribution in [0.5, 0.6) is 0 Å². The molecule has 3 aromatic carbocycles. The van der Waals surface area contributed by atoms with Crippen LogP contribution < -0.4 is 16.0 Å². The number of amides is 1. The lowest BCUT2D eigenvalue weighted by molar-refractivity contribution is 0.102. The summed E-state index contributed by atoms with van der Waals surface area (Å²) >= 11 is 0. The molecule has 0 radical (unpaired) electrons. The molecule has 0 saturated carbocycles. The van der Waals surface area contributed by atoms with Crippen molar-refractivity contribution in [3.05, 3.63) is 114 Å². The molecule has 0 fully saturated rings. The second-order valence-electron chi connectivity index (χ2n) is 7.94. The van der Waals surface area contributed by atoms with Crippen molar-refractivity contribution in [2.75, 3.05) is 16.0 Å². The minimum absolute atomic E-state index is 0.0282. The Kier molecular flexibility index (Phi) is 6.95. The van der Waals surface area contributed by atoms with Crippen molar-refractivity contribution in [3.63, 3.8) is 0 Å².